The van der Waals surface area contributed by atoms with Crippen LogP contribution in [0.4, 0.5) is 14.7 Å². The largest absolute Gasteiger partial charge is 0.367 e. The van der Waals surface area contributed by atoms with Crippen LogP contribution in [0, 0.1) is 11.6 Å². The summed E-state index contributed by atoms with van der Waals surface area (Å²) in [5.41, 5.74) is 2.22. The Bertz CT molecular complexity index is 1400. The number of rotatable bonds is 5. The predicted molar refractivity (Wildman–Crippen MR) is 131 cm³/mol. The fourth-order valence-corrected chi connectivity index (χ4v) is 5.45. The highest BCUT2D eigenvalue weighted by molar-refractivity contribution is 7.19. The first-order valence-corrected chi connectivity index (χ1v) is 12.8. The lowest BCUT2D eigenvalue weighted by Gasteiger charge is -2.36. The smallest absolute Gasteiger partial charge is 0.228 e. The van der Waals surface area contributed by atoms with Crippen molar-refractivity contribution in [2.75, 3.05) is 18.0 Å². The Morgan fingerprint density at radius 1 is 1.11 bits per heavy atom. The number of benzene rings is 1. The number of ether oxygens (including phenoxy) is 1. The first-order valence-electron chi connectivity index (χ1n) is 11.9. The molecule has 182 valence electrons. The highest BCUT2D eigenvalue weighted by atomic mass is 32.1. The summed E-state index contributed by atoms with van der Waals surface area (Å²) in [5.74, 6) is -0.623. The Morgan fingerprint density at radius 3 is 2.69 bits per heavy atom. The Kier molecular flexibility index (Phi) is 5.52. The minimum Gasteiger partial charge on any atom is -0.367 e. The molecule has 1 saturated heterocycles. The summed E-state index contributed by atoms with van der Waals surface area (Å²) in [7, 11) is 0. The number of morpholine rings is 1. The average molecular weight is 497 g/mol. The molecule has 3 aromatic heterocycles. The molecular weight excluding hydrogens is 470 g/mol. The molecule has 0 amide bonds. The summed E-state index contributed by atoms with van der Waals surface area (Å²) in [6.45, 7) is 7.26. The molecule has 6 rings (SSSR count). The summed E-state index contributed by atoms with van der Waals surface area (Å²) in [6, 6.07) is 4.07. The molecule has 10 heteroatoms. The van der Waals surface area contributed by atoms with Crippen LogP contribution in [-0.4, -0.2) is 43.9 Å². The summed E-state index contributed by atoms with van der Waals surface area (Å²) in [6.07, 6.45) is 6.02. The summed E-state index contributed by atoms with van der Waals surface area (Å²) < 4.78 is 37.5. The molecule has 0 bridgehead atoms. The molecule has 0 N–H and O–H groups in total. The van der Waals surface area contributed by atoms with Gasteiger partial charge in [-0.25, -0.2) is 18.7 Å². The van der Waals surface area contributed by atoms with Gasteiger partial charge in [0.2, 0.25) is 5.95 Å². The Balaban J connectivity index is 1.41. The lowest BCUT2D eigenvalue weighted by atomic mass is 10.1. The maximum atomic E-state index is 14.9. The van der Waals surface area contributed by atoms with Crippen molar-refractivity contribution in [3.8, 4) is 11.3 Å². The van der Waals surface area contributed by atoms with Crippen molar-refractivity contribution >= 4 is 27.6 Å². The normalized spacial score (nSPS) is 20.8. The topological polar surface area (TPSA) is 69.0 Å². The monoisotopic (exact) mass is 496 g/mol. The summed E-state index contributed by atoms with van der Waals surface area (Å²) in [4.78, 5) is 16.4. The zero-order valence-electron chi connectivity index (χ0n) is 19.8. The first-order chi connectivity index (χ1) is 16.9. The fourth-order valence-electron chi connectivity index (χ4n) is 4.44. The molecule has 35 heavy (non-hydrogen) atoms. The number of anilines is 1. The lowest BCUT2D eigenvalue weighted by molar-refractivity contribution is -0.0178. The summed E-state index contributed by atoms with van der Waals surface area (Å²) in [5, 5.41) is 5.41. The van der Waals surface area contributed by atoms with E-state index in [1.54, 1.807) is 0 Å². The molecule has 4 heterocycles. The van der Waals surface area contributed by atoms with Gasteiger partial charge >= 0.3 is 0 Å². The van der Waals surface area contributed by atoms with Gasteiger partial charge in [-0.2, -0.15) is 10.1 Å². The van der Waals surface area contributed by atoms with Crippen LogP contribution in [0.15, 0.2) is 30.6 Å². The van der Waals surface area contributed by atoms with Gasteiger partial charge in [-0.05, 0) is 31.9 Å². The van der Waals surface area contributed by atoms with Gasteiger partial charge in [0.05, 0.1) is 35.6 Å². The Labute approximate surface area is 205 Å². The number of halogens is 2. The number of hydrogen-bond donors (Lipinski definition) is 0. The number of nitrogens with zero attached hydrogens (tertiary/aromatic N) is 6. The van der Waals surface area contributed by atoms with Crippen molar-refractivity contribution in [3.63, 3.8) is 0 Å². The number of fused-ring (bicyclic) bond motifs is 1. The van der Waals surface area contributed by atoms with E-state index in [2.05, 4.69) is 30.0 Å². The van der Waals surface area contributed by atoms with Gasteiger partial charge in [-0.15, -0.1) is 11.3 Å². The third kappa shape index (κ3) is 4.29. The van der Waals surface area contributed by atoms with Crippen molar-refractivity contribution in [2.24, 2.45) is 0 Å². The van der Waals surface area contributed by atoms with Crippen molar-refractivity contribution in [1.29, 1.82) is 0 Å². The molecule has 1 aliphatic heterocycles. The molecule has 1 aliphatic carbocycles. The second kappa shape index (κ2) is 8.60. The van der Waals surface area contributed by atoms with Crippen LogP contribution in [0.25, 0.3) is 21.6 Å². The van der Waals surface area contributed by atoms with Gasteiger partial charge in [0.1, 0.15) is 22.4 Å². The molecule has 0 spiro atoms. The van der Waals surface area contributed by atoms with E-state index in [-0.39, 0.29) is 23.7 Å². The molecule has 0 unspecified atom stereocenters. The van der Waals surface area contributed by atoms with Crippen LogP contribution in [0.1, 0.15) is 62.2 Å². The van der Waals surface area contributed by atoms with E-state index in [1.807, 2.05) is 17.8 Å². The average Bonchev–Trinajstić information content (AvgIpc) is 3.38. The van der Waals surface area contributed by atoms with Gasteiger partial charge in [0.25, 0.3) is 0 Å². The second-order valence-electron chi connectivity index (χ2n) is 9.68. The quantitative estimate of drug-likeness (QED) is 0.356. The molecule has 2 atom stereocenters. The van der Waals surface area contributed by atoms with Crippen LogP contribution in [0.5, 0.6) is 0 Å². The van der Waals surface area contributed by atoms with Gasteiger partial charge in [0.15, 0.2) is 5.65 Å². The SMILES string of the molecule is CC(C)c1nc2nc(N3C[C@@H](C)O[C@@H](c4cnn(C5CC5)c4)C3)nc(-c3ccc(F)cc3F)c2s1. The number of thiazole rings is 1. The second-order valence-corrected chi connectivity index (χ2v) is 10.7. The van der Waals surface area contributed by atoms with Crippen LogP contribution in [-0.2, 0) is 4.74 Å². The van der Waals surface area contributed by atoms with Gasteiger partial charge in [0, 0.05) is 35.9 Å². The molecule has 1 saturated carbocycles. The maximum absolute atomic E-state index is 14.9. The molecule has 2 aliphatic rings. The van der Waals surface area contributed by atoms with Crippen LogP contribution in [0.2, 0.25) is 0 Å². The van der Waals surface area contributed by atoms with E-state index in [9.17, 15) is 8.78 Å². The van der Waals surface area contributed by atoms with E-state index < -0.39 is 11.6 Å². The standard InChI is InChI=1S/C25H26F2N6OS/c1-13(2)24-30-23-22(35-24)21(18-7-4-16(26)8-19(18)27)29-25(31-23)32-10-14(3)34-20(12-32)15-9-28-33(11-15)17-5-6-17/h4,7-9,11,13-14,17,20H,5-6,10,12H2,1-3H3/t14-,20-/m1/s1. The Morgan fingerprint density at radius 2 is 1.94 bits per heavy atom. The maximum Gasteiger partial charge on any atom is 0.228 e. The zero-order valence-corrected chi connectivity index (χ0v) is 20.6. The Hall–Kier alpha value is -2.98. The van der Waals surface area contributed by atoms with Crippen LogP contribution < -0.4 is 4.90 Å². The zero-order chi connectivity index (χ0) is 24.3. The van der Waals surface area contributed by atoms with Crippen LogP contribution in [0.3, 0.4) is 0 Å². The van der Waals surface area contributed by atoms with Gasteiger partial charge in [-0.3, -0.25) is 4.68 Å². The molecular formula is C25H26F2N6OS. The van der Waals surface area contributed by atoms with E-state index in [0.717, 1.165) is 29.5 Å². The highest BCUT2D eigenvalue weighted by Crippen LogP contribution is 2.38. The minimum absolute atomic E-state index is 0.0648. The third-order valence-corrected chi connectivity index (χ3v) is 7.75. The molecule has 7 nitrogen and oxygen atoms in total. The summed E-state index contributed by atoms with van der Waals surface area (Å²) >= 11 is 1.45. The highest BCUT2D eigenvalue weighted by Gasteiger charge is 2.32. The first kappa shape index (κ1) is 22.5. The number of hydrogen-bond acceptors (Lipinski definition) is 7. The van der Waals surface area contributed by atoms with Crippen molar-refractivity contribution in [1.82, 2.24) is 24.7 Å². The third-order valence-electron chi connectivity index (χ3n) is 6.40. The van der Waals surface area contributed by atoms with Crippen molar-refractivity contribution in [2.45, 2.75) is 57.8 Å². The van der Waals surface area contributed by atoms with E-state index in [0.29, 0.717) is 41.1 Å². The number of aromatic nitrogens is 5. The minimum atomic E-state index is -0.656. The molecule has 0 radical (unpaired) electrons. The predicted octanol–water partition coefficient (Wildman–Crippen LogP) is 5.65. The van der Waals surface area contributed by atoms with E-state index in [4.69, 9.17) is 19.7 Å². The van der Waals surface area contributed by atoms with Crippen molar-refractivity contribution < 1.29 is 13.5 Å². The molecule has 2 fully saturated rings. The van der Waals surface area contributed by atoms with Crippen molar-refractivity contribution in [3.05, 3.63) is 52.8 Å². The van der Waals surface area contributed by atoms with Crippen LogP contribution >= 0.6 is 11.3 Å². The lowest BCUT2D eigenvalue weighted by Crippen LogP contribution is -2.43. The van der Waals surface area contributed by atoms with Gasteiger partial charge < -0.3 is 9.64 Å². The van der Waals surface area contributed by atoms with E-state index in [1.165, 1.54) is 23.5 Å². The molecule has 4 aromatic rings. The van der Waals surface area contributed by atoms with E-state index >= 15 is 0 Å². The molecule has 1 aromatic carbocycles. The fraction of sp³-hybridized carbons (Fsp3) is 0.440. The van der Waals surface area contributed by atoms with Gasteiger partial charge in [-0.1, -0.05) is 13.8 Å².